The molecule has 0 amide bonds. The van der Waals surface area contributed by atoms with Crippen molar-refractivity contribution < 1.29 is 4.43 Å². The van der Waals surface area contributed by atoms with Crippen LogP contribution >= 0.6 is 0 Å². The van der Waals surface area contributed by atoms with Crippen LogP contribution in [0.2, 0.25) is 18.1 Å². The summed E-state index contributed by atoms with van der Waals surface area (Å²) < 4.78 is 6.06. The predicted molar refractivity (Wildman–Crippen MR) is 65.7 cm³/mol. The first-order chi connectivity index (χ1) is 6.20. The van der Waals surface area contributed by atoms with Crippen LogP contribution in [0.1, 0.15) is 27.7 Å². The predicted octanol–water partition coefficient (Wildman–Crippen LogP) is 3.59. The number of terminal acetylenes is 1. The van der Waals surface area contributed by atoms with Gasteiger partial charge in [-0.05, 0) is 37.2 Å². The minimum Gasteiger partial charge on any atom is -0.411 e. The molecule has 0 rings (SSSR count). The molecule has 1 atom stereocenters. The standard InChI is InChI=1S/C12H22OSi/c1-8-9-10-11(2)13-14(6,7)12(3,4)5/h1,9-11H,2-7H3/b10-9-. The number of hydrogen-bond acceptors (Lipinski definition) is 1. The summed E-state index contributed by atoms with van der Waals surface area (Å²) in [4.78, 5) is 0. The largest absolute Gasteiger partial charge is 0.411 e. The van der Waals surface area contributed by atoms with Crippen LogP contribution in [0, 0.1) is 12.3 Å². The third-order valence-corrected chi connectivity index (χ3v) is 7.32. The molecule has 0 radical (unpaired) electrons. The van der Waals surface area contributed by atoms with Crippen molar-refractivity contribution in [2.45, 2.75) is 51.9 Å². The summed E-state index contributed by atoms with van der Waals surface area (Å²) in [6.45, 7) is 13.2. The van der Waals surface area contributed by atoms with Gasteiger partial charge < -0.3 is 4.43 Å². The molecule has 14 heavy (non-hydrogen) atoms. The highest BCUT2D eigenvalue weighted by molar-refractivity contribution is 6.74. The van der Waals surface area contributed by atoms with Gasteiger partial charge in [-0.3, -0.25) is 0 Å². The maximum Gasteiger partial charge on any atom is 0.192 e. The fourth-order valence-electron chi connectivity index (χ4n) is 0.872. The Balaban J connectivity index is 4.38. The van der Waals surface area contributed by atoms with Crippen molar-refractivity contribution in [1.82, 2.24) is 0 Å². The van der Waals surface area contributed by atoms with Crippen LogP contribution in [-0.2, 0) is 4.43 Å². The average Bonchev–Trinajstić information content (AvgIpc) is 1.97. The van der Waals surface area contributed by atoms with E-state index < -0.39 is 8.32 Å². The summed E-state index contributed by atoms with van der Waals surface area (Å²) in [6, 6.07) is 0. The molecule has 0 spiro atoms. The van der Waals surface area contributed by atoms with Crippen LogP contribution in [0.15, 0.2) is 12.2 Å². The molecule has 0 aliphatic carbocycles. The smallest absolute Gasteiger partial charge is 0.192 e. The molecule has 80 valence electrons. The fourth-order valence-corrected chi connectivity index (χ4v) is 2.23. The van der Waals surface area contributed by atoms with Crippen molar-refractivity contribution in [3.63, 3.8) is 0 Å². The second-order valence-corrected chi connectivity index (χ2v) is 9.87. The van der Waals surface area contributed by atoms with E-state index in [0.29, 0.717) is 0 Å². The summed E-state index contributed by atoms with van der Waals surface area (Å²) in [5, 5.41) is 0.255. The molecule has 0 saturated heterocycles. The molecular formula is C12H22OSi. The van der Waals surface area contributed by atoms with E-state index in [-0.39, 0.29) is 11.1 Å². The quantitative estimate of drug-likeness (QED) is 0.511. The first kappa shape index (κ1) is 13.5. The lowest BCUT2D eigenvalue weighted by Crippen LogP contribution is -2.42. The molecule has 0 heterocycles. The molecule has 0 fully saturated rings. The minimum absolute atomic E-state index is 0.118. The van der Waals surface area contributed by atoms with Gasteiger partial charge in [0.1, 0.15) is 0 Å². The Morgan fingerprint density at radius 3 is 2.21 bits per heavy atom. The van der Waals surface area contributed by atoms with Crippen LogP contribution in [0.25, 0.3) is 0 Å². The Morgan fingerprint density at radius 2 is 1.86 bits per heavy atom. The van der Waals surface area contributed by atoms with Gasteiger partial charge in [-0.15, -0.1) is 6.42 Å². The molecular weight excluding hydrogens is 188 g/mol. The molecule has 0 bridgehead atoms. The van der Waals surface area contributed by atoms with E-state index in [2.05, 4.69) is 39.8 Å². The highest BCUT2D eigenvalue weighted by Crippen LogP contribution is 2.37. The maximum atomic E-state index is 6.06. The molecule has 0 saturated carbocycles. The molecule has 1 nitrogen and oxygen atoms in total. The van der Waals surface area contributed by atoms with Gasteiger partial charge in [0.2, 0.25) is 0 Å². The van der Waals surface area contributed by atoms with Gasteiger partial charge in [-0.2, -0.15) is 0 Å². The Bertz CT molecular complexity index is 240. The summed E-state index contributed by atoms with van der Waals surface area (Å²) in [5.74, 6) is 2.48. The van der Waals surface area contributed by atoms with Crippen LogP contribution in [0.3, 0.4) is 0 Å². The van der Waals surface area contributed by atoms with Crippen molar-refractivity contribution in [2.75, 3.05) is 0 Å². The van der Waals surface area contributed by atoms with Crippen LogP contribution in [0.4, 0.5) is 0 Å². The third-order valence-electron chi connectivity index (χ3n) is 2.75. The molecule has 2 heteroatoms. The summed E-state index contributed by atoms with van der Waals surface area (Å²) in [7, 11) is -1.64. The Morgan fingerprint density at radius 1 is 1.36 bits per heavy atom. The van der Waals surface area contributed by atoms with Gasteiger partial charge in [0, 0.05) is 0 Å². The fraction of sp³-hybridized carbons (Fsp3) is 0.667. The molecule has 1 unspecified atom stereocenters. The maximum absolute atomic E-state index is 6.06. The lowest BCUT2D eigenvalue weighted by molar-refractivity contribution is 0.243. The van der Waals surface area contributed by atoms with Gasteiger partial charge in [0.25, 0.3) is 0 Å². The van der Waals surface area contributed by atoms with E-state index in [1.165, 1.54) is 0 Å². The Labute approximate surface area is 89.7 Å². The summed E-state index contributed by atoms with van der Waals surface area (Å²) in [5.41, 5.74) is 0. The van der Waals surface area contributed by atoms with E-state index in [4.69, 9.17) is 10.8 Å². The van der Waals surface area contributed by atoms with E-state index in [1.54, 1.807) is 6.08 Å². The molecule has 0 aliphatic heterocycles. The van der Waals surface area contributed by atoms with Gasteiger partial charge >= 0.3 is 0 Å². The first-order valence-electron chi connectivity index (χ1n) is 5.01. The van der Waals surface area contributed by atoms with E-state index >= 15 is 0 Å². The van der Waals surface area contributed by atoms with Gasteiger partial charge in [-0.25, -0.2) is 0 Å². The lowest BCUT2D eigenvalue weighted by Gasteiger charge is -2.37. The number of hydrogen-bond donors (Lipinski definition) is 0. The van der Waals surface area contributed by atoms with Gasteiger partial charge in [0.15, 0.2) is 8.32 Å². The summed E-state index contributed by atoms with van der Waals surface area (Å²) in [6.07, 6.45) is 8.90. The summed E-state index contributed by atoms with van der Waals surface area (Å²) >= 11 is 0. The first-order valence-corrected chi connectivity index (χ1v) is 7.92. The molecule has 0 aliphatic rings. The van der Waals surface area contributed by atoms with E-state index in [0.717, 1.165) is 0 Å². The van der Waals surface area contributed by atoms with Gasteiger partial charge in [0.05, 0.1) is 6.10 Å². The van der Waals surface area contributed by atoms with Crippen molar-refractivity contribution in [3.05, 3.63) is 12.2 Å². The van der Waals surface area contributed by atoms with Crippen molar-refractivity contribution in [1.29, 1.82) is 0 Å². The Hall–Kier alpha value is -0.523. The second kappa shape index (κ2) is 4.81. The van der Waals surface area contributed by atoms with Crippen LogP contribution in [-0.4, -0.2) is 14.4 Å². The van der Waals surface area contributed by atoms with Crippen molar-refractivity contribution in [3.8, 4) is 12.3 Å². The zero-order valence-electron chi connectivity index (χ0n) is 10.2. The zero-order valence-corrected chi connectivity index (χ0v) is 11.2. The van der Waals surface area contributed by atoms with E-state index in [1.807, 2.05) is 13.0 Å². The monoisotopic (exact) mass is 210 g/mol. The van der Waals surface area contributed by atoms with Gasteiger partial charge in [-0.1, -0.05) is 26.7 Å². The molecule has 0 aromatic carbocycles. The minimum atomic E-state index is -1.64. The average molecular weight is 210 g/mol. The highest BCUT2D eigenvalue weighted by atomic mass is 28.4. The normalized spacial score (nSPS) is 15.5. The molecule has 0 aromatic heterocycles. The lowest BCUT2D eigenvalue weighted by atomic mass is 10.2. The number of rotatable bonds is 3. The highest BCUT2D eigenvalue weighted by Gasteiger charge is 2.37. The van der Waals surface area contributed by atoms with Crippen molar-refractivity contribution >= 4 is 8.32 Å². The second-order valence-electron chi connectivity index (χ2n) is 5.11. The topological polar surface area (TPSA) is 9.23 Å². The molecule has 0 N–H and O–H groups in total. The zero-order chi connectivity index (χ0) is 11.4. The van der Waals surface area contributed by atoms with Crippen LogP contribution in [0.5, 0.6) is 0 Å². The third kappa shape index (κ3) is 4.12. The number of allylic oxidation sites excluding steroid dienone is 1. The Kier molecular flexibility index (Phi) is 4.63. The van der Waals surface area contributed by atoms with E-state index in [9.17, 15) is 0 Å². The van der Waals surface area contributed by atoms with Crippen molar-refractivity contribution in [2.24, 2.45) is 0 Å². The SMILES string of the molecule is C#C/C=C\C(C)O[Si](C)(C)C(C)(C)C. The molecule has 0 aromatic rings. The van der Waals surface area contributed by atoms with Crippen LogP contribution < -0.4 is 0 Å².